The van der Waals surface area contributed by atoms with Gasteiger partial charge in [0.25, 0.3) is 0 Å². The fourth-order valence-electron chi connectivity index (χ4n) is 3.98. The smallest absolute Gasteiger partial charge is 0.240 e. The van der Waals surface area contributed by atoms with Crippen LogP contribution in [0.25, 0.3) is 0 Å². The molecule has 3 aromatic rings. The molecule has 0 aromatic heterocycles. The molecule has 0 aliphatic carbocycles. The number of hydrogen-bond acceptors (Lipinski definition) is 2. The molecule has 0 unspecified atom stereocenters. The van der Waals surface area contributed by atoms with Crippen LogP contribution < -0.4 is 11.1 Å². The van der Waals surface area contributed by atoms with Gasteiger partial charge in [-0.3, -0.25) is 9.59 Å². The first-order valence-corrected chi connectivity index (χ1v) is 10.5. The van der Waals surface area contributed by atoms with E-state index < -0.39 is 17.4 Å². The SMILES string of the molecule is C=CCCC[C@H](NC(=O)C(c1ccccc1)(c1ccccc1)c1ccccc1)C(N)=O. The molecule has 158 valence electrons. The molecule has 0 fully saturated rings. The third kappa shape index (κ3) is 4.75. The lowest BCUT2D eigenvalue weighted by Gasteiger charge is -2.35. The second-order valence-electron chi connectivity index (χ2n) is 7.50. The molecule has 0 saturated carbocycles. The van der Waals surface area contributed by atoms with Crippen LogP contribution in [0.1, 0.15) is 36.0 Å². The summed E-state index contributed by atoms with van der Waals surface area (Å²) in [6.07, 6.45) is 3.72. The van der Waals surface area contributed by atoms with Gasteiger partial charge >= 0.3 is 0 Å². The highest BCUT2D eigenvalue weighted by Gasteiger charge is 2.44. The first-order chi connectivity index (χ1) is 15.1. The number of carbonyl (C=O) groups excluding carboxylic acids is 2. The number of nitrogens with one attached hydrogen (secondary N) is 1. The summed E-state index contributed by atoms with van der Waals surface area (Å²) in [5, 5.41) is 2.96. The maximum Gasteiger partial charge on any atom is 0.240 e. The topological polar surface area (TPSA) is 72.2 Å². The van der Waals surface area contributed by atoms with E-state index >= 15 is 0 Å². The lowest BCUT2D eigenvalue weighted by Crippen LogP contribution is -2.53. The second-order valence-corrected chi connectivity index (χ2v) is 7.50. The Morgan fingerprint density at radius 1 is 0.839 bits per heavy atom. The molecule has 4 heteroatoms. The largest absolute Gasteiger partial charge is 0.368 e. The zero-order chi connectivity index (χ0) is 22.1. The Morgan fingerprint density at radius 3 is 1.61 bits per heavy atom. The molecule has 3 rings (SSSR count). The molecular formula is C27H28N2O2. The minimum absolute atomic E-state index is 0.279. The zero-order valence-electron chi connectivity index (χ0n) is 17.5. The number of hydrogen-bond donors (Lipinski definition) is 2. The molecule has 0 spiro atoms. The van der Waals surface area contributed by atoms with Gasteiger partial charge in [-0.1, -0.05) is 97.1 Å². The number of unbranched alkanes of at least 4 members (excludes halogenated alkanes) is 1. The Balaban J connectivity index is 2.16. The fraction of sp³-hybridized carbons (Fsp3) is 0.185. The third-order valence-electron chi connectivity index (χ3n) is 5.51. The maximum absolute atomic E-state index is 14.1. The van der Waals surface area contributed by atoms with Gasteiger partial charge in [0.15, 0.2) is 0 Å². The van der Waals surface area contributed by atoms with E-state index in [0.717, 1.165) is 23.1 Å². The van der Waals surface area contributed by atoms with Crippen LogP contribution in [0.4, 0.5) is 0 Å². The number of rotatable bonds is 10. The monoisotopic (exact) mass is 412 g/mol. The van der Waals surface area contributed by atoms with E-state index in [1.54, 1.807) is 6.08 Å². The summed E-state index contributed by atoms with van der Waals surface area (Å²) in [7, 11) is 0. The highest BCUT2D eigenvalue weighted by Crippen LogP contribution is 2.39. The quantitative estimate of drug-likeness (QED) is 0.295. The van der Waals surface area contributed by atoms with Crippen molar-refractivity contribution in [1.82, 2.24) is 5.32 Å². The van der Waals surface area contributed by atoms with Crippen molar-refractivity contribution in [2.24, 2.45) is 5.73 Å². The number of benzene rings is 3. The summed E-state index contributed by atoms with van der Waals surface area (Å²) < 4.78 is 0. The average Bonchev–Trinajstić information content (AvgIpc) is 2.81. The average molecular weight is 413 g/mol. The number of amides is 2. The van der Waals surface area contributed by atoms with E-state index in [9.17, 15) is 9.59 Å². The van der Waals surface area contributed by atoms with Crippen LogP contribution >= 0.6 is 0 Å². The molecule has 4 nitrogen and oxygen atoms in total. The Labute approximate surface area is 183 Å². The summed E-state index contributed by atoms with van der Waals surface area (Å²) in [5.41, 5.74) is 6.97. The van der Waals surface area contributed by atoms with Crippen molar-refractivity contribution in [2.45, 2.75) is 30.7 Å². The van der Waals surface area contributed by atoms with E-state index in [4.69, 9.17) is 5.73 Å². The molecule has 1 atom stereocenters. The van der Waals surface area contributed by atoms with Crippen LogP contribution in [-0.4, -0.2) is 17.9 Å². The summed E-state index contributed by atoms with van der Waals surface area (Å²) in [6.45, 7) is 3.72. The van der Waals surface area contributed by atoms with E-state index in [0.29, 0.717) is 12.8 Å². The molecule has 0 saturated heterocycles. The molecule has 0 aliphatic rings. The fourth-order valence-corrected chi connectivity index (χ4v) is 3.98. The van der Waals surface area contributed by atoms with Crippen LogP contribution in [0.3, 0.4) is 0 Å². The van der Waals surface area contributed by atoms with E-state index in [-0.39, 0.29) is 5.91 Å². The summed E-state index contributed by atoms with van der Waals surface area (Å²) in [4.78, 5) is 26.2. The molecule has 31 heavy (non-hydrogen) atoms. The zero-order valence-corrected chi connectivity index (χ0v) is 17.5. The minimum atomic E-state index is -1.13. The Hall–Kier alpha value is -3.66. The minimum Gasteiger partial charge on any atom is -0.368 e. The maximum atomic E-state index is 14.1. The molecule has 0 bridgehead atoms. The summed E-state index contributed by atoms with van der Waals surface area (Å²) >= 11 is 0. The molecule has 0 aliphatic heterocycles. The molecular weight excluding hydrogens is 384 g/mol. The van der Waals surface area contributed by atoms with Gasteiger partial charge in [0.1, 0.15) is 11.5 Å². The first kappa shape index (κ1) is 22.0. The second kappa shape index (κ2) is 10.4. The van der Waals surface area contributed by atoms with E-state index in [2.05, 4.69) is 11.9 Å². The van der Waals surface area contributed by atoms with E-state index in [1.165, 1.54) is 0 Å². The standard InChI is InChI=1S/C27H28N2O2/c1-2-3-7-20-24(25(28)30)29-26(31)27(21-14-8-4-9-15-21,22-16-10-5-11-17-22)23-18-12-6-13-19-23/h2,4-6,8-19,24H,1,3,7,20H2,(H2,28,30)(H,29,31)/t24-/m0/s1. The lowest BCUT2D eigenvalue weighted by atomic mass is 9.68. The van der Waals surface area contributed by atoms with Gasteiger partial charge in [-0.2, -0.15) is 0 Å². The highest BCUT2D eigenvalue weighted by atomic mass is 16.2. The van der Waals surface area contributed by atoms with Crippen LogP contribution in [0.5, 0.6) is 0 Å². The van der Waals surface area contributed by atoms with Gasteiger partial charge in [0, 0.05) is 0 Å². The van der Waals surface area contributed by atoms with Crippen LogP contribution in [0.2, 0.25) is 0 Å². The van der Waals surface area contributed by atoms with Crippen LogP contribution in [0.15, 0.2) is 104 Å². The number of nitrogens with two attached hydrogens (primary N) is 1. The Kier molecular flexibility index (Phi) is 7.39. The van der Waals surface area contributed by atoms with Gasteiger partial charge in [-0.15, -0.1) is 6.58 Å². The highest BCUT2D eigenvalue weighted by molar-refractivity contribution is 5.98. The molecule has 0 radical (unpaired) electrons. The van der Waals surface area contributed by atoms with Crippen LogP contribution in [-0.2, 0) is 15.0 Å². The van der Waals surface area contributed by atoms with Crippen molar-refractivity contribution in [1.29, 1.82) is 0 Å². The van der Waals surface area contributed by atoms with Crippen LogP contribution in [0, 0.1) is 0 Å². The molecule has 3 N–H and O–H groups in total. The van der Waals surface area contributed by atoms with Gasteiger partial charge in [0.05, 0.1) is 0 Å². The number of allylic oxidation sites excluding steroid dienone is 1. The van der Waals surface area contributed by atoms with Gasteiger partial charge in [-0.25, -0.2) is 0 Å². The third-order valence-corrected chi connectivity index (χ3v) is 5.51. The number of carbonyl (C=O) groups is 2. The Bertz CT molecular complexity index is 905. The normalized spacial score (nSPS) is 12.0. The van der Waals surface area contributed by atoms with Crippen molar-refractivity contribution < 1.29 is 9.59 Å². The molecule has 2 amide bonds. The lowest BCUT2D eigenvalue weighted by molar-refractivity contribution is -0.129. The van der Waals surface area contributed by atoms with Crippen molar-refractivity contribution in [3.8, 4) is 0 Å². The van der Waals surface area contributed by atoms with Gasteiger partial charge < -0.3 is 11.1 Å². The van der Waals surface area contributed by atoms with Crippen molar-refractivity contribution in [2.75, 3.05) is 0 Å². The number of primary amides is 1. The van der Waals surface area contributed by atoms with Crippen molar-refractivity contribution in [3.05, 3.63) is 120 Å². The predicted octanol–water partition coefficient (Wildman–Crippen LogP) is 4.35. The van der Waals surface area contributed by atoms with Crippen molar-refractivity contribution >= 4 is 11.8 Å². The first-order valence-electron chi connectivity index (χ1n) is 10.5. The van der Waals surface area contributed by atoms with Crippen molar-refractivity contribution in [3.63, 3.8) is 0 Å². The predicted molar refractivity (Wildman–Crippen MR) is 124 cm³/mol. The summed E-state index contributed by atoms with van der Waals surface area (Å²) in [6, 6.07) is 28.1. The summed E-state index contributed by atoms with van der Waals surface area (Å²) in [5.74, 6) is -0.820. The molecule has 3 aromatic carbocycles. The van der Waals surface area contributed by atoms with Gasteiger partial charge in [-0.05, 0) is 36.0 Å². The Morgan fingerprint density at radius 2 is 1.26 bits per heavy atom. The van der Waals surface area contributed by atoms with E-state index in [1.807, 2.05) is 91.0 Å². The van der Waals surface area contributed by atoms with Gasteiger partial charge in [0.2, 0.25) is 11.8 Å². The molecule has 0 heterocycles.